The maximum absolute atomic E-state index is 6.24. The number of methoxy groups -OCH3 is 1. The fraction of sp³-hybridized carbons (Fsp3) is 0.154. The number of para-hydroxylation sites is 1. The molecule has 1 heterocycles. The van der Waals surface area contributed by atoms with Crippen molar-refractivity contribution >= 4 is 11.6 Å². The van der Waals surface area contributed by atoms with E-state index < -0.39 is 0 Å². The van der Waals surface area contributed by atoms with Gasteiger partial charge in [0, 0.05) is 11.8 Å². The van der Waals surface area contributed by atoms with E-state index in [0.29, 0.717) is 5.02 Å². The number of hydrogen-bond acceptors (Lipinski definition) is 2. The second kappa shape index (κ2) is 4.54. The lowest BCUT2D eigenvalue weighted by Crippen LogP contribution is -1.91. The molecule has 0 radical (unpaired) electrons. The Morgan fingerprint density at radius 3 is 2.69 bits per heavy atom. The van der Waals surface area contributed by atoms with Crippen LogP contribution in [0.1, 0.15) is 5.56 Å². The largest absolute Gasteiger partial charge is 0.496 e. The molecule has 0 bridgehead atoms. The van der Waals surface area contributed by atoms with Gasteiger partial charge in [0.15, 0.2) is 0 Å². The van der Waals surface area contributed by atoms with Crippen molar-refractivity contribution in [2.75, 3.05) is 7.11 Å². The number of rotatable bonds is 2. The molecule has 0 amide bonds. The summed E-state index contributed by atoms with van der Waals surface area (Å²) in [6, 6.07) is 9.60. The number of pyridine rings is 1. The van der Waals surface area contributed by atoms with Crippen molar-refractivity contribution in [1.82, 2.24) is 4.98 Å². The number of halogens is 1. The average molecular weight is 234 g/mol. The monoisotopic (exact) mass is 233 g/mol. The van der Waals surface area contributed by atoms with E-state index in [-0.39, 0.29) is 0 Å². The van der Waals surface area contributed by atoms with Crippen LogP contribution in [0, 0.1) is 6.92 Å². The highest BCUT2D eigenvalue weighted by atomic mass is 35.5. The van der Waals surface area contributed by atoms with Crippen molar-refractivity contribution in [3.05, 3.63) is 47.1 Å². The van der Waals surface area contributed by atoms with Gasteiger partial charge in [-0.15, -0.1) is 0 Å². The summed E-state index contributed by atoms with van der Waals surface area (Å²) < 4.78 is 5.30. The highest BCUT2D eigenvalue weighted by molar-refractivity contribution is 6.33. The molecular formula is C13H12ClNO. The van der Waals surface area contributed by atoms with Crippen LogP contribution in [0.5, 0.6) is 5.75 Å². The predicted molar refractivity (Wildman–Crippen MR) is 66.0 cm³/mol. The molecule has 0 unspecified atom stereocenters. The zero-order chi connectivity index (χ0) is 11.5. The summed E-state index contributed by atoms with van der Waals surface area (Å²) in [6.45, 7) is 1.96. The minimum absolute atomic E-state index is 0.673. The predicted octanol–water partition coefficient (Wildman–Crippen LogP) is 3.72. The van der Waals surface area contributed by atoms with Crippen LogP contribution in [0.25, 0.3) is 11.3 Å². The molecule has 1 aromatic heterocycles. The Kier molecular flexibility index (Phi) is 3.11. The first kappa shape index (κ1) is 11.0. The van der Waals surface area contributed by atoms with Gasteiger partial charge in [0.2, 0.25) is 0 Å². The Balaban J connectivity index is 2.63. The topological polar surface area (TPSA) is 22.1 Å². The Labute approximate surface area is 99.9 Å². The van der Waals surface area contributed by atoms with Crippen LogP contribution in [0.4, 0.5) is 0 Å². The Bertz CT molecular complexity index is 511. The summed E-state index contributed by atoms with van der Waals surface area (Å²) in [7, 11) is 1.64. The van der Waals surface area contributed by atoms with Gasteiger partial charge < -0.3 is 4.74 Å². The highest BCUT2D eigenvalue weighted by Crippen LogP contribution is 2.34. The average Bonchev–Trinajstić information content (AvgIpc) is 2.33. The first-order valence-electron chi connectivity index (χ1n) is 4.98. The standard InChI is InChI=1S/C13H12ClNO/c1-9-7-8-15-13(12(9)14)10-5-3-4-6-11(10)16-2/h3-8H,1-2H3. The number of hydrogen-bond donors (Lipinski definition) is 0. The van der Waals surface area contributed by atoms with E-state index in [0.717, 1.165) is 22.6 Å². The first-order valence-corrected chi connectivity index (χ1v) is 5.36. The summed E-state index contributed by atoms with van der Waals surface area (Å²) in [5, 5.41) is 0.673. The van der Waals surface area contributed by atoms with Gasteiger partial charge in [-0.05, 0) is 30.7 Å². The van der Waals surface area contributed by atoms with Crippen molar-refractivity contribution in [2.45, 2.75) is 6.92 Å². The van der Waals surface area contributed by atoms with Gasteiger partial charge in [0.25, 0.3) is 0 Å². The van der Waals surface area contributed by atoms with Crippen molar-refractivity contribution in [1.29, 1.82) is 0 Å². The fourth-order valence-corrected chi connectivity index (χ4v) is 1.78. The van der Waals surface area contributed by atoms with Crippen molar-refractivity contribution in [3.63, 3.8) is 0 Å². The molecule has 1 aromatic carbocycles. The van der Waals surface area contributed by atoms with E-state index in [1.54, 1.807) is 13.3 Å². The molecule has 0 saturated carbocycles. The van der Waals surface area contributed by atoms with Crippen LogP contribution in [0.3, 0.4) is 0 Å². The Morgan fingerprint density at radius 2 is 1.94 bits per heavy atom. The van der Waals surface area contributed by atoms with E-state index in [4.69, 9.17) is 16.3 Å². The molecule has 0 saturated heterocycles. The molecule has 2 aromatic rings. The third-order valence-electron chi connectivity index (χ3n) is 2.44. The van der Waals surface area contributed by atoms with Crippen LogP contribution in [-0.4, -0.2) is 12.1 Å². The summed E-state index contributed by atoms with van der Waals surface area (Å²) in [5.41, 5.74) is 2.69. The van der Waals surface area contributed by atoms with Gasteiger partial charge in [0.05, 0.1) is 17.8 Å². The lowest BCUT2D eigenvalue weighted by Gasteiger charge is -2.09. The van der Waals surface area contributed by atoms with Gasteiger partial charge in [-0.2, -0.15) is 0 Å². The van der Waals surface area contributed by atoms with Gasteiger partial charge in [-0.1, -0.05) is 23.7 Å². The lowest BCUT2D eigenvalue weighted by molar-refractivity contribution is 0.416. The van der Waals surface area contributed by atoms with Crippen LogP contribution < -0.4 is 4.74 Å². The molecule has 0 atom stereocenters. The zero-order valence-corrected chi connectivity index (χ0v) is 9.95. The summed E-state index contributed by atoms with van der Waals surface area (Å²) in [5.74, 6) is 0.780. The van der Waals surface area contributed by atoms with Gasteiger partial charge in [-0.3, -0.25) is 4.98 Å². The van der Waals surface area contributed by atoms with Gasteiger partial charge in [0.1, 0.15) is 5.75 Å². The van der Waals surface area contributed by atoms with Crippen LogP contribution in [-0.2, 0) is 0 Å². The molecule has 0 fully saturated rings. The van der Waals surface area contributed by atoms with E-state index >= 15 is 0 Å². The number of aryl methyl sites for hydroxylation is 1. The van der Waals surface area contributed by atoms with Gasteiger partial charge >= 0.3 is 0 Å². The molecule has 0 aliphatic carbocycles. The van der Waals surface area contributed by atoms with Gasteiger partial charge in [-0.25, -0.2) is 0 Å². The summed E-state index contributed by atoms with van der Waals surface area (Å²) in [4.78, 5) is 4.31. The minimum atomic E-state index is 0.673. The van der Waals surface area contributed by atoms with Crippen LogP contribution in [0.15, 0.2) is 36.5 Å². The van der Waals surface area contributed by atoms with Crippen molar-refractivity contribution in [3.8, 4) is 17.0 Å². The third kappa shape index (κ3) is 1.89. The zero-order valence-electron chi connectivity index (χ0n) is 9.20. The van der Waals surface area contributed by atoms with E-state index in [2.05, 4.69) is 4.98 Å². The SMILES string of the molecule is COc1ccccc1-c1nccc(C)c1Cl. The third-order valence-corrected chi connectivity index (χ3v) is 2.92. The molecular weight excluding hydrogens is 222 g/mol. The lowest BCUT2D eigenvalue weighted by atomic mass is 10.1. The smallest absolute Gasteiger partial charge is 0.128 e. The number of ether oxygens (including phenoxy) is 1. The number of aromatic nitrogens is 1. The molecule has 2 rings (SSSR count). The summed E-state index contributed by atoms with van der Waals surface area (Å²) >= 11 is 6.24. The molecule has 16 heavy (non-hydrogen) atoms. The number of benzene rings is 1. The quantitative estimate of drug-likeness (QED) is 0.789. The maximum Gasteiger partial charge on any atom is 0.128 e. The summed E-state index contributed by atoms with van der Waals surface area (Å²) in [6.07, 6.45) is 1.75. The highest BCUT2D eigenvalue weighted by Gasteiger charge is 2.11. The van der Waals surface area contributed by atoms with E-state index in [1.165, 1.54) is 0 Å². The maximum atomic E-state index is 6.24. The van der Waals surface area contributed by atoms with E-state index in [9.17, 15) is 0 Å². The van der Waals surface area contributed by atoms with Crippen molar-refractivity contribution < 1.29 is 4.74 Å². The van der Waals surface area contributed by atoms with Crippen LogP contribution in [0.2, 0.25) is 5.02 Å². The second-order valence-corrected chi connectivity index (χ2v) is 3.87. The Morgan fingerprint density at radius 1 is 1.19 bits per heavy atom. The Hall–Kier alpha value is -1.54. The molecule has 0 aliphatic rings. The van der Waals surface area contributed by atoms with E-state index in [1.807, 2.05) is 37.3 Å². The molecule has 0 aliphatic heterocycles. The van der Waals surface area contributed by atoms with Crippen LogP contribution >= 0.6 is 11.6 Å². The minimum Gasteiger partial charge on any atom is -0.496 e. The molecule has 3 heteroatoms. The fourth-order valence-electron chi connectivity index (χ4n) is 1.57. The normalized spacial score (nSPS) is 10.2. The molecule has 0 N–H and O–H groups in total. The molecule has 0 spiro atoms. The molecule has 2 nitrogen and oxygen atoms in total. The first-order chi connectivity index (χ1) is 7.74. The second-order valence-electron chi connectivity index (χ2n) is 3.49. The van der Waals surface area contributed by atoms with Crippen molar-refractivity contribution in [2.24, 2.45) is 0 Å². The number of nitrogens with zero attached hydrogens (tertiary/aromatic N) is 1. The molecule has 82 valence electrons.